The van der Waals surface area contributed by atoms with E-state index >= 15 is 0 Å². The molecule has 0 fully saturated rings. The molecular weight excluding hydrogens is 412 g/mol. The fourth-order valence-corrected chi connectivity index (χ4v) is 5.17. The van der Waals surface area contributed by atoms with Gasteiger partial charge in [0.05, 0.1) is 17.1 Å². The van der Waals surface area contributed by atoms with E-state index in [2.05, 4.69) is 5.32 Å². The number of benzene rings is 1. The molecule has 158 valence electrons. The molecule has 29 heavy (non-hydrogen) atoms. The van der Waals surface area contributed by atoms with Gasteiger partial charge in [0.1, 0.15) is 5.00 Å². The summed E-state index contributed by atoms with van der Waals surface area (Å²) < 4.78 is 31.5. The molecule has 0 atom stereocenters. The highest BCUT2D eigenvalue weighted by molar-refractivity contribution is 7.89. The molecule has 1 aromatic carbocycles. The van der Waals surface area contributed by atoms with Crippen LogP contribution in [0.25, 0.3) is 0 Å². The van der Waals surface area contributed by atoms with Gasteiger partial charge in [-0.2, -0.15) is 4.31 Å². The Morgan fingerprint density at radius 1 is 1.07 bits per heavy atom. The van der Waals surface area contributed by atoms with Crippen LogP contribution in [-0.4, -0.2) is 44.3 Å². The second kappa shape index (κ2) is 10.00. The molecule has 1 aromatic heterocycles. The Balaban J connectivity index is 2.24. The van der Waals surface area contributed by atoms with Crippen molar-refractivity contribution < 1.29 is 22.7 Å². The summed E-state index contributed by atoms with van der Waals surface area (Å²) in [5.74, 6) is -0.911. The van der Waals surface area contributed by atoms with E-state index in [4.69, 9.17) is 4.74 Å². The van der Waals surface area contributed by atoms with Crippen molar-refractivity contribution in [1.29, 1.82) is 0 Å². The lowest BCUT2D eigenvalue weighted by molar-refractivity contribution is 0.0528. The van der Waals surface area contributed by atoms with E-state index in [-0.39, 0.29) is 11.5 Å². The number of hydrogen-bond acceptors (Lipinski definition) is 6. The highest BCUT2D eigenvalue weighted by Gasteiger charge is 2.23. The van der Waals surface area contributed by atoms with Gasteiger partial charge in [0.25, 0.3) is 5.91 Å². The number of carbonyl (C=O) groups excluding carboxylic acids is 2. The van der Waals surface area contributed by atoms with Crippen molar-refractivity contribution in [3.05, 3.63) is 46.3 Å². The minimum atomic E-state index is -3.58. The van der Waals surface area contributed by atoms with E-state index in [1.54, 1.807) is 26.8 Å². The van der Waals surface area contributed by atoms with E-state index in [9.17, 15) is 18.0 Å². The summed E-state index contributed by atoms with van der Waals surface area (Å²) in [6.45, 7) is 8.21. The van der Waals surface area contributed by atoms with Crippen molar-refractivity contribution in [3.8, 4) is 0 Å². The lowest BCUT2D eigenvalue weighted by Crippen LogP contribution is -2.30. The number of aryl methyl sites for hydroxylation is 1. The molecule has 9 heteroatoms. The number of anilines is 1. The lowest BCUT2D eigenvalue weighted by atomic mass is 10.2. The molecule has 0 radical (unpaired) electrons. The van der Waals surface area contributed by atoms with Gasteiger partial charge in [-0.25, -0.2) is 13.2 Å². The van der Waals surface area contributed by atoms with E-state index in [0.717, 1.165) is 11.3 Å². The molecule has 0 saturated heterocycles. The molecule has 0 aliphatic carbocycles. The van der Waals surface area contributed by atoms with Crippen LogP contribution in [-0.2, 0) is 21.2 Å². The maximum absolute atomic E-state index is 12.6. The number of ether oxygens (including phenoxy) is 1. The van der Waals surface area contributed by atoms with Crippen LogP contribution in [0.15, 0.2) is 35.2 Å². The monoisotopic (exact) mass is 438 g/mol. The van der Waals surface area contributed by atoms with Crippen molar-refractivity contribution in [2.24, 2.45) is 0 Å². The third-order valence-electron chi connectivity index (χ3n) is 4.31. The zero-order valence-electron chi connectivity index (χ0n) is 17.0. The van der Waals surface area contributed by atoms with Gasteiger partial charge < -0.3 is 10.1 Å². The molecular formula is C20H26N2O5S2. The summed E-state index contributed by atoms with van der Waals surface area (Å²) in [4.78, 5) is 25.9. The maximum Gasteiger partial charge on any atom is 0.341 e. The van der Waals surface area contributed by atoms with Crippen LogP contribution in [0, 0.1) is 0 Å². The number of esters is 1. The summed E-state index contributed by atoms with van der Waals surface area (Å²) in [6.07, 6.45) is 0.727. The Morgan fingerprint density at radius 3 is 2.21 bits per heavy atom. The fraction of sp³-hybridized carbons (Fsp3) is 0.400. The Bertz CT molecular complexity index is 961. The number of hydrogen-bond donors (Lipinski definition) is 1. The number of thiophene rings is 1. The molecule has 0 aliphatic rings. The second-order valence-electron chi connectivity index (χ2n) is 6.10. The standard InChI is InChI=1S/C20H26N2O5S2/c1-5-15-13-17(20(24)27-8-4)19(28-15)21-18(23)14-9-11-16(12-10-14)29(25,26)22(6-2)7-3/h9-13H,5-8H2,1-4H3,(H,21,23). The van der Waals surface area contributed by atoms with E-state index < -0.39 is 21.9 Å². The first-order chi connectivity index (χ1) is 13.8. The van der Waals surface area contributed by atoms with Crippen LogP contribution < -0.4 is 5.32 Å². The molecule has 0 bridgehead atoms. The van der Waals surface area contributed by atoms with Gasteiger partial charge >= 0.3 is 5.97 Å². The average Bonchev–Trinajstić information content (AvgIpc) is 3.12. The number of sulfonamides is 1. The summed E-state index contributed by atoms with van der Waals surface area (Å²) in [6, 6.07) is 7.48. The molecule has 0 saturated carbocycles. The molecule has 0 unspecified atom stereocenters. The Hall–Kier alpha value is -2.23. The molecule has 0 spiro atoms. The molecule has 0 aliphatic heterocycles. The average molecular weight is 439 g/mol. The lowest BCUT2D eigenvalue weighted by Gasteiger charge is -2.18. The van der Waals surface area contributed by atoms with E-state index in [0.29, 0.717) is 29.2 Å². The quantitative estimate of drug-likeness (QED) is 0.602. The molecule has 1 N–H and O–H groups in total. The van der Waals surface area contributed by atoms with Crippen molar-refractivity contribution in [1.82, 2.24) is 4.31 Å². The van der Waals surface area contributed by atoms with Gasteiger partial charge in [-0.3, -0.25) is 4.79 Å². The second-order valence-corrected chi connectivity index (χ2v) is 9.17. The minimum absolute atomic E-state index is 0.134. The number of nitrogens with zero attached hydrogens (tertiary/aromatic N) is 1. The predicted octanol–water partition coefficient (Wildman–Crippen LogP) is 3.77. The van der Waals surface area contributed by atoms with Crippen LogP contribution in [0.1, 0.15) is 53.3 Å². The Morgan fingerprint density at radius 2 is 1.69 bits per heavy atom. The van der Waals surface area contributed by atoms with Gasteiger partial charge in [-0.1, -0.05) is 20.8 Å². The largest absolute Gasteiger partial charge is 0.462 e. The number of nitrogens with one attached hydrogen (secondary N) is 1. The highest BCUT2D eigenvalue weighted by Crippen LogP contribution is 2.30. The minimum Gasteiger partial charge on any atom is -0.462 e. The topological polar surface area (TPSA) is 92.8 Å². The third-order valence-corrected chi connectivity index (χ3v) is 7.57. The van der Waals surface area contributed by atoms with Crippen LogP contribution >= 0.6 is 11.3 Å². The van der Waals surface area contributed by atoms with Crippen molar-refractivity contribution in [3.63, 3.8) is 0 Å². The molecule has 7 nitrogen and oxygen atoms in total. The predicted molar refractivity (Wildman–Crippen MR) is 114 cm³/mol. The smallest absolute Gasteiger partial charge is 0.341 e. The third kappa shape index (κ3) is 5.23. The summed E-state index contributed by atoms with van der Waals surface area (Å²) >= 11 is 1.32. The molecule has 1 heterocycles. The normalized spacial score (nSPS) is 11.5. The first-order valence-corrected chi connectivity index (χ1v) is 11.7. The summed E-state index contributed by atoms with van der Waals surface area (Å²) in [5, 5.41) is 3.16. The van der Waals surface area contributed by atoms with E-state index in [1.807, 2.05) is 6.92 Å². The molecule has 2 rings (SSSR count). The van der Waals surface area contributed by atoms with Gasteiger partial charge in [0.2, 0.25) is 10.0 Å². The maximum atomic E-state index is 12.6. The summed E-state index contributed by atoms with van der Waals surface area (Å²) in [5.41, 5.74) is 0.618. The van der Waals surface area contributed by atoms with Gasteiger partial charge in [0, 0.05) is 23.5 Å². The zero-order chi connectivity index (χ0) is 21.6. The zero-order valence-corrected chi connectivity index (χ0v) is 18.7. The van der Waals surface area contributed by atoms with E-state index in [1.165, 1.54) is 39.9 Å². The Labute approximate surface area is 175 Å². The van der Waals surface area contributed by atoms with Crippen molar-refractivity contribution in [2.45, 2.75) is 39.0 Å². The number of carbonyl (C=O) groups is 2. The molecule has 2 aromatic rings. The van der Waals surface area contributed by atoms with Crippen molar-refractivity contribution >= 4 is 38.2 Å². The number of rotatable bonds is 9. The van der Waals surface area contributed by atoms with Crippen LogP contribution in [0.3, 0.4) is 0 Å². The van der Waals surface area contributed by atoms with Crippen LogP contribution in [0.5, 0.6) is 0 Å². The van der Waals surface area contributed by atoms with Crippen molar-refractivity contribution in [2.75, 3.05) is 25.0 Å². The van der Waals surface area contributed by atoms with Crippen LogP contribution in [0.4, 0.5) is 5.00 Å². The van der Waals surface area contributed by atoms with Crippen LogP contribution in [0.2, 0.25) is 0 Å². The fourth-order valence-electron chi connectivity index (χ4n) is 2.74. The number of amides is 1. The molecule has 1 amide bonds. The van der Waals surface area contributed by atoms with Gasteiger partial charge in [-0.05, 0) is 43.7 Å². The SMILES string of the molecule is CCOC(=O)c1cc(CC)sc1NC(=O)c1ccc(S(=O)(=O)N(CC)CC)cc1. The first-order valence-electron chi connectivity index (χ1n) is 9.49. The summed E-state index contributed by atoms with van der Waals surface area (Å²) in [7, 11) is -3.58. The Kier molecular flexibility index (Phi) is 7.95. The highest BCUT2D eigenvalue weighted by atomic mass is 32.2. The first kappa shape index (κ1) is 23.1. The van der Waals surface area contributed by atoms with Gasteiger partial charge in [0.15, 0.2) is 0 Å². The van der Waals surface area contributed by atoms with Gasteiger partial charge in [-0.15, -0.1) is 11.3 Å².